The molecule has 0 aromatic rings. The average molecular weight is 384 g/mol. The summed E-state index contributed by atoms with van der Waals surface area (Å²) in [5.74, 6) is 0.0473. The number of hydrogen-bond acceptors (Lipinski definition) is 5. The zero-order valence-electron chi connectivity index (χ0n) is 13.7. The third kappa shape index (κ3) is 3.98. The highest BCUT2D eigenvalue weighted by Crippen LogP contribution is 2.45. The molecular formula is C15H27Cl2N3O2S. The van der Waals surface area contributed by atoms with Crippen LogP contribution in [0.3, 0.4) is 0 Å². The van der Waals surface area contributed by atoms with Gasteiger partial charge < -0.3 is 5.32 Å². The lowest BCUT2D eigenvalue weighted by Gasteiger charge is -2.43. The molecule has 3 aliphatic heterocycles. The van der Waals surface area contributed by atoms with Gasteiger partial charge in [-0.25, -0.2) is 0 Å². The van der Waals surface area contributed by atoms with E-state index >= 15 is 0 Å². The molecule has 0 aliphatic carbocycles. The number of nitrogens with zero attached hydrogens (tertiary/aromatic N) is 2. The van der Waals surface area contributed by atoms with E-state index in [9.17, 15) is 9.59 Å². The van der Waals surface area contributed by atoms with Crippen LogP contribution in [0.4, 0.5) is 4.79 Å². The van der Waals surface area contributed by atoms with E-state index in [0.29, 0.717) is 6.04 Å². The summed E-state index contributed by atoms with van der Waals surface area (Å²) >= 11 is 1.28. The van der Waals surface area contributed by atoms with Gasteiger partial charge in [-0.1, -0.05) is 0 Å². The van der Waals surface area contributed by atoms with Crippen molar-refractivity contribution in [3.05, 3.63) is 0 Å². The van der Waals surface area contributed by atoms with E-state index in [1.54, 1.807) is 0 Å². The van der Waals surface area contributed by atoms with Crippen LogP contribution in [-0.4, -0.2) is 64.0 Å². The SMILES string of the molecule is CC(C)N1C(=O)SC2(CCCN(C3CCNCC3)C2)C1=O.Cl.Cl. The van der Waals surface area contributed by atoms with Gasteiger partial charge in [0, 0.05) is 18.6 Å². The fourth-order valence-corrected chi connectivity index (χ4v) is 5.19. The Morgan fingerprint density at radius 2 is 1.87 bits per heavy atom. The minimum absolute atomic E-state index is 0. The number of piperidine rings is 2. The van der Waals surface area contributed by atoms with E-state index in [1.807, 2.05) is 13.8 Å². The lowest BCUT2D eigenvalue weighted by atomic mass is 9.92. The minimum atomic E-state index is -0.509. The van der Waals surface area contributed by atoms with Gasteiger partial charge in [0.1, 0.15) is 4.75 Å². The van der Waals surface area contributed by atoms with Crippen LogP contribution in [0.5, 0.6) is 0 Å². The first-order valence-electron chi connectivity index (χ1n) is 8.05. The first-order valence-corrected chi connectivity index (χ1v) is 8.86. The van der Waals surface area contributed by atoms with Gasteiger partial charge in [-0.2, -0.15) is 0 Å². The first kappa shape index (κ1) is 21.0. The van der Waals surface area contributed by atoms with Crippen LogP contribution in [0.2, 0.25) is 0 Å². The molecule has 2 amide bonds. The number of carbonyl (C=O) groups excluding carboxylic acids is 2. The van der Waals surface area contributed by atoms with Crippen molar-refractivity contribution in [3.8, 4) is 0 Å². The molecular weight excluding hydrogens is 357 g/mol. The van der Waals surface area contributed by atoms with Crippen molar-refractivity contribution in [1.82, 2.24) is 15.1 Å². The molecule has 1 spiro atoms. The maximum absolute atomic E-state index is 12.8. The molecule has 23 heavy (non-hydrogen) atoms. The van der Waals surface area contributed by atoms with Crippen LogP contribution >= 0.6 is 36.6 Å². The second-order valence-corrected chi connectivity index (χ2v) is 8.02. The summed E-state index contributed by atoms with van der Waals surface area (Å²) < 4.78 is -0.509. The highest BCUT2D eigenvalue weighted by molar-refractivity contribution is 8.16. The number of halogens is 2. The standard InChI is InChI=1S/C15H25N3O2S.2ClH/c1-11(2)18-13(19)15(21-14(18)20)6-3-9-17(10-15)12-4-7-16-8-5-12;;/h11-12,16H,3-10H2,1-2H3;2*1H. The van der Waals surface area contributed by atoms with Crippen LogP contribution < -0.4 is 5.32 Å². The van der Waals surface area contributed by atoms with Gasteiger partial charge in [0.05, 0.1) is 0 Å². The number of carbonyl (C=O) groups is 2. The van der Waals surface area contributed by atoms with Crippen molar-refractivity contribution in [3.63, 3.8) is 0 Å². The summed E-state index contributed by atoms with van der Waals surface area (Å²) in [6.07, 6.45) is 4.16. The van der Waals surface area contributed by atoms with E-state index in [-0.39, 0.29) is 42.0 Å². The van der Waals surface area contributed by atoms with Crippen LogP contribution in [0.15, 0.2) is 0 Å². The molecule has 3 saturated heterocycles. The quantitative estimate of drug-likeness (QED) is 0.793. The molecule has 3 fully saturated rings. The molecule has 0 bridgehead atoms. The number of likely N-dealkylation sites (tertiary alicyclic amines) is 1. The van der Waals surface area contributed by atoms with Gasteiger partial charge in [-0.15, -0.1) is 24.8 Å². The molecule has 0 saturated carbocycles. The summed E-state index contributed by atoms with van der Waals surface area (Å²) in [7, 11) is 0. The number of thioether (sulfide) groups is 1. The predicted octanol–water partition coefficient (Wildman–Crippen LogP) is 2.52. The van der Waals surface area contributed by atoms with E-state index < -0.39 is 4.75 Å². The predicted molar refractivity (Wildman–Crippen MR) is 98.9 cm³/mol. The van der Waals surface area contributed by atoms with Crippen molar-refractivity contribution in [2.45, 2.75) is 56.4 Å². The Labute approximate surface area is 155 Å². The molecule has 5 nitrogen and oxygen atoms in total. The highest BCUT2D eigenvalue weighted by Gasteiger charge is 2.55. The Kier molecular flexibility index (Phi) is 7.67. The second-order valence-electron chi connectivity index (χ2n) is 6.69. The van der Waals surface area contributed by atoms with Crippen LogP contribution in [0.1, 0.15) is 39.5 Å². The molecule has 0 aromatic carbocycles. The molecule has 0 radical (unpaired) electrons. The number of imide groups is 1. The molecule has 3 rings (SSSR count). The second kappa shape index (κ2) is 8.39. The number of nitrogens with one attached hydrogen (secondary N) is 1. The zero-order chi connectivity index (χ0) is 15.0. The largest absolute Gasteiger partial charge is 0.317 e. The molecule has 3 heterocycles. The van der Waals surface area contributed by atoms with Crippen molar-refractivity contribution < 1.29 is 9.59 Å². The van der Waals surface area contributed by atoms with Crippen LogP contribution in [0.25, 0.3) is 0 Å². The Bertz CT molecular complexity index is 446. The Balaban J connectivity index is 0.00000132. The van der Waals surface area contributed by atoms with Crippen LogP contribution in [0, 0.1) is 0 Å². The first-order chi connectivity index (χ1) is 10.0. The fourth-order valence-electron chi connectivity index (χ4n) is 3.80. The van der Waals surface area contributed by atoms with E-state index in [1.165, 1.54) is 16.7 Å². The Morgan fingerprint density at radius 1 is 1.22 bits per heavy atom. The van der Waals surface area contributed by atoms with Crippen molar-refractivity contribution in [2.24, 2.45) is 0 Å². The van der Waals surface area contributed by atoms with Gasteiger partial charge in [0.15, 0.2) is 0 Å². The summed E-state index contributed by atoms with van der Waals surface area (Å²) in [6, 6.07) is 0.533. The lowest BCUT2D eigenvalue weighted by molar-refractivity contribution is -0.132. The highest BCUT2D eigenvalue weighted by atomic mass is 35.5. The Hall–Kier alpha value is -0.0100. The molecule has 0 aromatic heterocycles. The minimum Gasteiger partial charge on any atom is -0.317 e. The van der Waals surface area contributed by atoms with Crippen molar-refractivity contribution in [1.29, 1.82) is 0 Å². The van der Waals surface area contributed by atoms with Gasteiger partial charge in [0.25, 0.3) is 5.24 Å². The third-order valence-electron chi connectivity index (χ3n) is 4.91. The third-order valence-corrected chi connectivity index (χ3v) is 6.18. The molecule has 1 N–H and O–H groups in total. The van der Waals surface area contributed by atoms with E-state index in [2.05, 4.69) is 10.2 Å². The monoisotopic (exact) mass is 383 g/mol. The molecule has 3 aliphatic rings. The van der Waals surface area contributed by atoms with Gasteiger partial charge in [-0.05, 0) is 70.9 Å². The Morgan fingerprint density at radius 3 is 2.43 bits per heavy atom. The molecule has 8 heteroatoms. The lowest BCUT2D eigenvalue weighted by Crippen LogP contribution is -2.56. The summed E-state index contributed by atoms with van der Waals surface area (Å²) in [5, 5.41) is 3.34. The molecule has 1 atom stereocenters. The maximum Gasteiger partial charge on any atom is 0.289 e. The van der Waals surface area contributed by atoms with Gasteiger partial charge in [0.2, 0.25) is 5.91 Å². The smallest absolute Gasteiger partial charge is 0.289 e. The summed E-state index contributed by atoms with van der Waals surface area (Å²) in [6.45, 7) is 7.77. The molecule has 134 valence electrons. The maximum atomic E-state index is 12.8. The average Bonchev–Trinajstić information content (AvgIpc) is 2.70. The molecule has 1 unspecified atom stereocenters. The van der Waals surface area contributed by atoms with Crippen LogP contribution in [-0.2, 0) is 4.79 Å². The van der Waals surface area contributed by atoms with Gasteiger partial charge in [-0.3, -0.25) is 19.4 Å². The zero-order valence-corrected chi connectivity index (χ0v) is 16.2. The number of amides is 2. The van der Waals surface area contributed by atoms with E-state index in [0.717, 1.165) is 51.9 Å². The summed E-state index contributed by atoms with van der Waals surface area (Å²) in [5.41, 5.74) is 0. The summed E-state index contributed by atoms with van der Waals surface area (Å²) in [4.78, 5) is 29.0. The number of hydrogen-bond donors (Lipinski definition) is 1. The normalized spacial score (nSPS) is 29.8. The van der Waals surface area contributed by atoms with E-state index in [4.69, 9.17) is 0 Å². The fraction of sp³-hybridized carbons (Fsp3) is 0.867. The number of rotatable bonds is 2. The van der Waals surface area contributed by atoms with Crippen molar-refractivity contribution in [2.75, 3.05) is 26.2 Å². The van der Waals surface area contributed by atoms with Crippen molar-refractivity contribution >= 4 is 47.7 Å². The topological polar surface area (TPSA) is 52.7 Å². The van der Waals surface area contributed by atoms with Gasteiger partial charge >= 0.3 is 0 Å².